The summed E-state index contributed by atoms with van der Waals surface area (Å²) in [4.78, 5) is 13.0. The van der Waals surface area contributed by atoms with Crippen molar-refractivity contribution in [3.63, 3.8) is 0 Å². The van der Waals surface area contributed by atoms with Gasteiger partial charge in [0, 0.05) is 16.8 Å². The van der Waals surface area contributed by atoms with Crippen molar-refractivity contribution in [1.82, 2.24) is 15.0 Å². The number of nitrogen functional groups attached to an aromatic ring is 1. The highest BCUT2D eigenvalue weighted by Crippen LogP contribution is 2.24. The van der Waals surface area contributed by atoms with E-state index in [0.717, 1.165) is 22.4 Å². The fraction of sp³-hybridized carbons (Fsp3) is 0.200. The van der Waals surface area contributed by atoms with Crippen LogP contribution in [-0.4, -0.2) is 20.7 Å². The predicted octanol–water partition coefficient (Wildman–Crippen LogP) is 4.06. The zero-order valence-corrected chi connectivity index (χ0v) is 16.2. The van der Waals surface area contributed by atoms with Gasteiger partial charge >= 0.3 is 0 Å². The summed E-state index contributed by atoms with van der Waals surface area (Å²) >= 11 is 6.33. The molecule has 27 heavy (non-hydrogen) atoms. The molecular formula is C20H21ClN6. The molecule has 0 saturated carbocycles. The van der Waals surface area contributed by atoms with E-state index in [1.165, 1.54) is 0 Å². The van der Waals surface area contributed by atoms with Gasteiger partial charge in [0.25, 0.3) is 0 Å². The Morgan fingerprint density at radius 2 is 1.85 bits per heavy atom. The van der Waals surface area contributed by atoms with Gasteiger partial charge in [-0.05, 0) is 31.9 Å². The van der Waals surface area contributed by atoms with Gasteiger partial charge in [0.1, 0.15) is 5.82 Å². The molecule has 0 bridgehead atoms. The van der Waals surface area contributed by atoms with Crippen LogP contribution in [0, 0.1) is 26.2 Å². The van der Waals surface area contributed by atoms with Crippen LogP contribution in [-0.2, 0) is 6.54 Å². The van der Waals surface area contributed by atoms with Crippen LogP contribution >= 0.6 is 11.6 Å². The minimum atomic E-state index is 0.159. The maximum absolute atomic E-state index is 8.61. The number of nitrogens with one attached hydrogen (secondary N) is 2. The summed E-state index contributed by atoms with van der Waals surface area (Å²) in [5.74, 6) is 0.665. The number of nitrogens with zero attached hydrogens (tertiary/aromatic N) is 3. The second kappa shape index (κ2) is 7.72. The number of hydrogen-bond donors (Lipinski definition) is 3. The number of aromatic nitrogens is 3. The van der Waals surface area contributed by atoms with E-state index in [0.29, 0.717) is 34.4 Å². The van der Waals surface area contributed by atoms with E-state index >= 15 is 0 Å². The number of pyridine rings is 1. The van der Waals surface area contributed by atoms with Crippen LogP contribution in [0.4, 0.5) is 11.8 Å². The topological polar surface area (TPSA) is 101 Å². The SMILES string of the molecule is Cc1cnc(CNc2nc(N)nc(C)c2C(=N)c2ccccc2)c(C)c1Cl. The van der Waals surface area contributed by atoms with Gasteiger partial charge in [-0.3, -0.25) is 10.4 Å². The molecule has 6 nitrogen and oxygen atoms in total. The normalized spacial score (nSPS) is 10.7. The highest BCUT2D eigenvalue weighted by Gasteiger charge is 2.17. The monoisotopic (exact) mass is 380 g/mol. The molecule has 0 spiro atoms. The Kier molecular flexibility index (Phi) is 5.37. The molecule has 0 aliphatic carbocycles. The van der Waals surface area contributed by atoms with Crippen LogP contribution in [0.2, 0.25) is 5.02 Å². The Hall–Kier alpha value is -2.99. The van der Waals surface area contributed by atoms with Gasteiger partial charge in [-0.2, -0.15) is 4.98 Å². The highest BCUT2D eigenvalue weighted by atomic mass is 35.5. The number of halogens is 1. The number of nitrogens with two attached hydrogens (primary N) is 1. The fourth-order valence-electron chi connectivity index (χ4n) is 2.87. The van der Waals surface area contributed by atoms with Crippen LogP contribution < -0.4 is 11.1 Å². The number of hydrogen-bond acceptors (Lipinski definition) is 6. The third kappa shape index (κ3) is 3.90. The standard InChI is InChI=1S/C20H21ClN6/c1-11-9-24-15(12(2)17(11)21)10-25-19-16(13(3)26-20(23)27-19)18(22)14-7-5-4-6-8-14/h4-9,22H,10H2,1-3H3,(H3,23,25,26,27). The van der Waals surface area contributed by atoms with E-state index in [1.54, 1.807) is 6.20 Å². The highest BCUT2D eigenvalue weighted by molar-refractivity contribution is 6.32. The third-order valence-electron chi connectivity index (χ3n) is 4.37. The van der Waals surface area contributed by atoms with Crippen LogP contribution in [0.5, 0.6) is 0 Å². The van der Waals surface area contributed by atoms with E-state index in [1.807, 2.05) is 51.1 Å². The predicted molar refractivity (Wildman–Crippen MR) is 110 cm³/mol. The molecule has 3 aromatic rings. The minimum absolute atomic E-state index is 0.159. The van der Waals surface area contributed by atoms with Crippen LogP contribution in [0.15, 0.2) is 36.5 Å². The van der Waals surface area contributed by atoms with Crippen LogP contribution in [0.1, 0.15) is 33.6 Å². The lowest BCUT2D eigenvalue weighted by atomic mass is 10.0. The fourth-order valence-corrected chi connectivity index (χ4v) is 3.03. The smallest absolute Gasteiger partial charge is 0.222 e. The van der Waals surface area contributed by atoms with E-state index < -0.39 is 0 Å². The molecule has 7 heteroatoms. The second-order valence-electron chi connectivity index (χ2n) is 6.31. The van der Waals surface area contributed by atoms with Gasteiger partial charge in [0.15, 0.2) is 0 Å². The van der Waals surface area contributed by atoms with Crippen molar-refractivity contribution in [2.24, 2.45) is 0 Å². The summed E-state index contributed by atoms with van der Waals surface area (Å²) in [5, 5.41) is 12.6. The molecule has 0 atom stereocenters. The Balaban J connectivity index is 1.96. The number of anilines is 2. The Labute approximate surface area is 163 Å². The van der Waals surface area contributed by atoms with Crippen LogP contribution in [0.3, 0.4) is 0 Å². The molecule has 0 saturated heterocycles. The summed E-state index contributed by atoms with van der Waals surface area (Å²) in [5.41, 5.74) is 10.9. The molecule has 0 fully saturated rings. The van der Waals surface area contributed by atoms with Gasteiger partial charge in [-0.15, -0.1) is 0 Å². The summed E-state index contributed by atoms with van der Waals surface area (Å²) in [7, 11) is 0. The van der Waals surface area contributed by atoms with Gasteiger partial charge in [0.05, 0.1) is 29.2 Å². The van der Waals surface area contributed by atoms with Crippen molar-refractivity contribution in [3.8, 4) is 0 Å². The van der Waals surface area contributed by atoms with E-state index in [-0.39, 0.29) is 5.95 Å². The summed E-state index contributed by atoms with van der Waals surface area (Å²) in [6.07, 6.45) is 1.75. The zero-order chi connectivity index (χ0) is 19.6. The van der Waals surface area contributed by atoms with Crippen molar-refractivity contribution in [3.05, 3.63) is 75.2 Å². The average Bonchev–Trinajstić information content (AvgIpc) is 2.65. The molecule has 1 aromatic carbocycles. The number of rotatable bonds is 5. The summed E-state index contributed by atoms with van der Waals surface area (Å²) < 4.78 is 0. The lowest BCUT2D eigenvalue weighted by molar-refractivity contribution is 0.986. The quantitative estimate of drug-likeness (QED) is 0.579. The maximum Gasteiger partial charge on any atom is 0.222 e. The molecule has 138 valence electrons. The molecule has 0 aliphatic heterocycles. The maximum atomic E-state index is 8.61. The third-order valence-corrected chi connectivity index (χ3v) is 4.95. The first-order valence-electron chi connectivity index (χ1n) is 8.51. The Morgan fingerprint density at radius 1 is 1.15 bits per heavy atom. The molecular weight excluding hydrogens is 360 g/mol. The summed E-state index contributed by atoms with van der Waals surface area (Å²) in [6.45, 7) is 6.10. The molecule has 2 aromatic heterocycles. The van der Waals surface area contributed by atoms with Gasteiger partial charge in [-0.25, -0.2) is 4.98 Å². The molecule has 0 unspecified atom stereocenters. The first-order chi connectivity index (χ1) is 12.9. The van der Waals surface area contributed by atoms with Crippen molar-refractivity contribution in [2.75, 3.05) is 11.1 Å². The molecule has 3 rings (SSSR count). The van der Waals surface area contributed by atoms with E-state index in [4.69, 9.17) is 22.7 Å². The lowest BCUT2D eigenvalue weighted by Crippen LogP contribution is -2.15. The Bertz CT molecular complexity index is 1000. The largest absolute Gasteiger partial charge is 0.368 e. The van der Waals surface area contributed by atoms with Crippen molar-refractivity contribution in [1.29, 1.82) is 5.41 Å². The van der Waals surface area contributed by atoms with E-state index in [2.05, 4.69) is 20.3 Å². The van der Waals surface area contributed by atoms with Crippen molar-refractivity contribution >= 4 is 29.1 Å². The van der Waals surface area contributed by atoms with Crippen LogP contribution in [0.25, 0.3) is 0 Å². The van der Waals surface area contributed by atoms with Crippen molar-refractivity contribution in [2.45, 2.75) is 27.3 Å². The summed E-state index contributed by atoms with van der Waals surface area (Å²) in [6, 6.07) is 9.47. The minimum Gasteiger partial charge on any atom is -0.368 e. The molecule has 4 N–H and O–H groups in total. The molecule has 0 amide bonds. The lowest BCUT2D eigenvalue weighted by Gasteiger charge is -2.16. The number of aryl methyl sites for hydroxylation is 2. The molecule has 2 heterocycles. The van der Waals surface area contributed by atoms with E-state index in [9.17, 15) is 0 Å². The van der Waals surface area contributed by atoms with Gasteiger partial charge in [-0.1, -0.05) is 41.9 Å². The average molecular weight is 381 g/mol. The second-order valence-corrected chi connectivity index (χ2v) is 6.69. The molecule has 0 radical (unpaired) electrons. The first-order valence-corrected chi connectivity index (χ1v) is 8.89. The zero-order valence-electron chi connectivity index (χ0n) is 15.5. The Morgan fingerprint density at radius 3 is 2.56 bits per heavy atom. The molecule has 0 aliphatic rings. The first kappa shape index (κ1) is 18.8. The van der Waals surface area contributed by atoms with Gasteiger partial charge < -0.3 is 11.1 Å². The van der Waals surface area contributed by atoms with Crippen molar-refractivity contribution < 1.29 is 0 Å². The number of benzene rings is 1. The van der Waals surface area contributed by atoms with Gasteiger partial charge in [0.2, 0.25) is 5.95 Å².